The molecule has 0 aliphatic heterocycles. The lowest BCUT2D eigenvalue weighted by Crippen LogP contribution is -2.56. The van der Waals surface area contributed by atoms with Gasteiger partial charge < -0.3 is 34.9 Å². The van der Waals surface area contributed by atoms with Gasteiger partial charge in [0.25, 0.3) is 5.91 Å². The van der Waals surface area contributed by atoms with E-state index in [0.717, 1.165) is 16.6 Å². The molecule has 1 aromatic heterocycles. The number of para-hydroxylation sites is 1. The van der Waals surface area contributed by atoms with Crippen molar-refractivity contribution in [1.82, 2.24) is 15.2 Å². The number of aromatic nitrogens is 1. The van der Waals surface area contributed by atoms with Crippen LogP contribution in [0.2, 0.25) is 0 Å². The van der Waals surface area contributed by atoms with Crippen molar-refractivity contribution < 1.29 is 38.9 Å². The van der Waals surface area contributed by atoms with Gasteiger partial charge in [0.05, 0.1) is 23.3 Å². The number of aliphatic hydroxyl groups excluding tert-OH is 2. The molecular weight excluding hydrogens is 669 g/mol. The fraction of sp³-hybridized carbons (Fsp3) is 0.355. The van der Waals surface area contributed by atoms with Crippen LogP contribution in [0.1, 0.15) is 35.8 Å². The number of aromatic amines is 1. The number of hydrogen-bond acceptors (Lipinski definition) is 8. The molecule has 0 spiro atoms. The molecule has 0 radical (unpaired) electrons. The van der Waals surface area contributed by atoms with Crippen LogP contribution in [-0.2, 0) is 20.8 Å². The number of methoxy groups -OCH3 is 1. The van der Waals surface area contributed by atoms with E-state index in [1.165, 1.54) is 24.2 Å². The summed E-state index contributed by atoms with van der Waals surface area (Å²) in [5.41, 5.74) is 2.36. The van der Waals surface area contributed by atoms with Crippen molar-refractivity contribution in [2.75, 3.05) is 26.8 Å². The maximum absolute atomic E-state index is 13.5. The summed E-state index contributed by atoms with van der Waals surface area (Å²) < 4.78 is 12.2. The summed E-state index contributed by atoms with van der Waals surface area (Å²) in [6.45, 7) is 1.41. The fourth-order valence-electron chi connectivity index (χ4n) is 5.08. The number of benzene rings is 2. The minimum Gasteiger partial charge on any atom is -0.493 e. The van der Waals surface area contributed by atoms with Crippen molar-refractivity contribution in [3.63, 3.8) is 0 Å². The monoisotopic (exact) mass is 703 g/mol. The summed E-state index contributed by atoms with van der Waals surface area (Å²) in [5, 5.41) is 24.5. The lowest BCUT2D eigenvalue weighted by molar-refractivity contribution is -0.149. The minimum atomic E-state index is -1.34. The van der Waals surface area contributed by atoms with E-state index in [0.29, 0.717) is 21.8 Å². The third kappa shape index (κ3) is 7.43. The summed E-state index contributed by atoms with van der Waals surface area (Å²) in [6, 6.07) is 11.8. The number of nitrogens with one attached hydrogen (secondary N) is 2. The van der Waals surface area contributed by atoms with Gasteiger partial charge in [-0.2, -0.15) is 0 Å². The van der Waals surface area contributed by atoms with Crippen LogP contribution in [0.15, 0.2) is 54.1 Å². The summed E-state index contributed by atoms with van der Waals surface area (Å²) >= 11 is 1.98. The Bertz CT molecular complexity index is 1500. The van der Waals surface area contributed by atoms with Crippen molar-refractivity contribution in [2.24, 2.45) is 0 Å². The fourth-order valence-corrected chi connectivity index (χ4v) is 5.83. The number of carbonyl (C=O) groups excluding carboxylic acids is 4. The van der Waals surface area contributed by atoms with Crippen LogP contribution in [0.5, 0.6) is 11.5 Å². The second-order valence-electron chi connectivity index (χ2n) is 10.1. The SMILES string of the molecule is CCC(=O)C(=O)N(CCc1cc2ccccc2[nH]1)C1CC(C(=O)NCCO)=CC(Oc2c(I)cc(C=O)cc2OC)C1O. The normalized spacial score (nSPS) is 18.1. The third-order valence-electron chi connectivity index (χ3n) is 7.28. The number of carbonyl (C=O) groups is 4. The second-order valence-corrected chi connectivity index (χ2v) is 11.2. The van der Waals surface area contributed by atoms with Gasteiger partial charge in [0.2, 0.25) is 11.7 Å². The molecular formula is C31H34IN3O8. The number of aldehydes is 1. The summed E-state index contributed by atoms with van der Waals surface area (Å²) in [4.78, 5) is 55.2. The highest BCUT2D eigenvalue weighted by Gasteiger charge is 2.42. The van der Waals surface area contributed by atoms with Crippen LogP contribution in [0, 0.1) is 3.57 Å². The van der Waals surface area contributed by atoms with Crippen LogP contribution in [-0.4, -0.2) is 89.0 Å². The number of hydrogen-bond donors (Lipinski definition) is 4. The molecule has 4 N–H and O–H groups in total. The van der Waals surface area contributed by atoms with E-state index in [-0.39, 0.29) is 49.6 Å². The first-order valence-corrected chi connectivity index (χ1v) is 15.0. The highest BCUT2D eigenvalue weighted by Crippen LogP contribution is 2.37. The van der Waals surface area contributed by atoms with Gasteiger partial charge in [-0.15, -0.1) is 0 Å². The first kappa shape index (κ1) is 32.2. The Hall–Kier alpha value is -3.75. The first-order valence-electron chi connectivity index (χ1n) is 13.9. The number of fused-ring (bicyclic) bond motifs is 1. The van der Waals surface area contributed by atoms with E-state index in [9.17, 15) is 29.4 Å². The standard InChI is InChI=1S/C31H34IN3O8/c1-3-25(38)31(41)35(10-8-21-14-19-6-4-5-7-23(19)34-21)24-15-20(30(40)33-9-11-36)16-26(28(24)39)43-29-22(32)12-18(17-37)13-27(29)42-2/h4-7,12-14,16-17,24,26,28,34,36,39H,3,8-11,15H2,1-2H3,(H,33,40). The third-order valence-corrected chi connectivity index (χ3v) is 8.09. The first-order chi connectivity index (χ1) is 20.7. The number of ether oxygens (including phenoxy) is 2. The van der Waals surface area contributed by atoms with Gasteiger partial charge in [-0.05, 0) is 58.3 Å². The Kier molecular flexibility index (Phi) is 10.9. The van der Waals surface area contributed by atoms with Crippen LogP contribution in [0.25, 0.3) is 10.9 Å². The molecule has 11 nitrogen and oxygen atoms in total. The predicted molar refractivity (Wildman–Crippen MR) is 167 cm³/mol. The smallest absolute Gasteiger partial charge is 0.290 e. The van der Waals surface area contributed by atoms with E-state index < -0.39 is 35.8 Å². The molecule has 12 heteroatoms. The van der Waals surface area contributed by atoms with Crippen LogP contribution in [0.4, 0.5) is 0 Å². The summed E-state index contributed by atoms with van der Waals surface area (Å²) in [5.74, 6) is -1.40. The lowest BCUT2D eigenvalue weighted by atomic mass is 9.87. The van der Waals surface area contributed by atoms with E-state index in [4.69, 9.17) is 9.47 Å². The highest BCUT2D eigenvalue weighted by molar-refractivity contribution is 14.1. The van der Waals surface area contributed by atoms with Gasteiger partial charge >= 0.3 is 0 Å². The van der Waals surface area contributed by atoms with Crippen molar-refractivity contribution in [3.8, 4) is 11.5 Å². The molecule has 3 atom stereocenters. The molecule has 3 unspecified atom stereocenters. The molecule has 43 heavy (non-hydrogen) atoms. The molecule has 1 aliphatic rings. The molecule has 0 fully saturated rings. The Morgan fingerprint density at radius 1 is 1.21 bits per heavy atom. The summed E-state index contributed by atoms with van der Waals surface area (Å²) in [7, 11) is 1.41. The quantitative estimate of drug-likeness (QED) is 0.120. The number of Topliss-reactive ketones (excluding diaryl/α,β-unsaturated/α-hetero) is 1. The topological polar surface area (TPSA) is 158 Å². The van der Waals surface area contributed by atoms with Gasteiger partial charge in [0.15, 0.2) is 11.5 Å². The zero-order chi connectivity index (χ0) is 31.1. The van der Waals surface area contributed by atoms with E-state index >= 15 is 0 Å². The Morgan fingerprint density at radius 2 is 1.98 bits per heavy atom. The summed E-state index contributed by atoms with van der Waals surface area (Å²) in [6.07, 6.45) is -0.0329. The number of amides is 2. The Labute approximate surface area is 262 Å². The van der Waals surface area contributed by atoms with Gasteiger partial charge in [-0.3, -0.25) is 19.2 Å². The molecule has 3 aromatic rings. The Balaban J connectivity index is 1.70. The Morgan fingerprint density at radius 3 is 2.65 bits per heavy atom. The number of ketones is 1. The molecule has 228 valence electrons. The maximum atomic E-state index is 13.5. The van der Waals surface area contributed by atoms with Gasteiger partial charge in [0, 0.05) is 54.7 Å². The zero-order valence-electron chi connectivity index (χ0n) is 23.8. The average molecular weight is 704 g/mol. The molecule has 0 saturated heterocycles. The largest absolute Gasteiger partial charge is 0.493 e. The van der Waals surface area contributed by atoms with Crippen LogP contribution < -0.4 is 14.8 Å². The van der Waals surface area contributed by atoms with Crippen molar-refractivity contribution in [3.05, 3.63) is 68.9 Å². The number of nitrogens with zero attached hydrogens (tertiary/aromatic N) is 1. The number of halogens is 1. The number of H-pyrrole nitrogens is 1. The molecule has 0 saturated carbocycles. The molecule has 2 aromatic carbocycles. The van der Waals surface area contributed by atoms with Gasteiger partial charge in [-0.25, -0.2) is 0 Å². The molecule has 1 aliphatic carbocycles. The van der Waals surface area contributed by atoms with E-state index in [1.807, 2.05) is 52.9 Å². The molecule has 1 heterocycles. The van der Waals surface area contributed by atoms with Gasteiger partial charge in [0.1, 0.15) is 18.5 Å². The highest BCUT2D eigenvalue weighted by atomic mass is 127. The lowest BCUT2D eigenvalue weighted by Gasteiger charge is -2.40. The minimum absolute atomic E-state index is 0.00510. The van der Waals surface area contributed by atoms with E-state index in [1.54, 1.807) is 13.0 Å². The van der Waals surface area contributed by atoms with Crippen LogP contribution in [0.3, 0.4) is 0 Å². The van der Waals surface area contributed by atoms with E-state index in [2.05, 4.69) is 10.3 Å². The van der Waals surface area contributed by atoms with Crippen molar-refractivity contribution >= 4 is 57.4 Å². The van der Waals surface area contributed by atoms with Crippen molar-refractivity contribution in [1.29, 1.82) is 0 Å². The van der Waals surface area contributed by atoms with Crippen molar-refractivity contribution in [2.45, 2.75) is 44.4 Å². The molecule has 0 bridgehead atoms. The van der Waals surface area contributed by atoms with Gasteiger partial charge in [-0.1, -0.05) is 25.1 Å². The predicted octanol–water partition coefficient (Wildman–Crippen LogP) is 2.56. The van der Waals surface area contributed by atoms with Crippen LogP contribution >= 0.6 is 22.6 Å². The average Bonchev–Trinajstić information content (AvgIpc) is 3.44. The number of rotatable bonds is 13. The second kappa shape index (κ2) is 14.6. The molecule has 2 amide bonds. The zero-order valence-corrected chi connectivity index (χ0v) is 26.0. The number of aliphatic hydroxyl groups is 2. The molecule has 4 rings (SSSR count). The maximum Gasteiger partial charge on any atom is 0.290 e.